The normalized spacial score (nSPS) is 26.3. The number of nitrogens with one attached hydrogen (secondary N) is 1. The molecule has 0 spiro atoms. The van der Waals surface area contributed by atoms with Crippen molar-refractivity contribution in [2.75, 3.05) is 0 Å². The third-order valence-electron chi connectivity index (χ3n) is 3.65. The molecule has 0 radical (unpaired) electrons. The molecule has 0 aliphatic heterocycles. The van der Waals surface area contributed by atoms with Crippen LogP contribution in [0.5, 0.6) is 0 Å². The van der Waals surface area contributed by atoms with Crippen molar-refractivity contribution in [2.45, 2.75) is 20.0 Å². The summed E-state index contributed by atoms with van der Waals surface area (Å²) in [5.41, 5.74) is -0.0924. The highest BCUT2D eigenvalue weighted by Gasteiger charge is 2.61. The van der Waals surface area contributed by atoms with E-state index in [0.29, 0.717) is 5.69 Å². The highest BCUT2D eigenvalue weighted by Crippen LogP contribution is 2.61. The van der Waals surface area contributed by atoms with Gasteiger partial charge in [0.1, 0.15) is 5.03 Å². The fourth-order valence-electron chi connectivity index (χ4n) is 2.39. The first-order valence-corrected chi connectivity index (χ1v) is 6.15. The fraction of sp³-hybridized carbons (Fsp3) is 0.462. The molecule has 1 aliphatic rings. The summed E-state index contributed by atoms with van der Waals surface area (Å²) in [6.07, 6.45) is -2.00. The molecule has 1 aromatic heterocycles. The number of alkyl halides is 3. The summed E-state index contributed by atoms with van der Waals surface area (Å²) in [7, 11) is 0. The molecule has 0 saturated heterocycles. The third-order valence-corrected chi connectivity index (χ3v) is 3.99. The molecule has 0 amide bonds. The Morgan fingerprint density at radius 1 is 1.47 bits per heavy atom. The van der Waals surface area contributed by atoms with Crippen LogP contribution < -0.4 is 0 Å². The molecule has 2 atom stereocenters. The number of hydrogen-bond donors (Lipinski definition) is 1. The molecule has 1 aliphatic carbocycles. The molecule has 0 bridgehead atoms. The smallest absolute Gasteiger partial charge is 0.359 e. The molecule has 2 unspecified atom stereocenters. The van der Waals surface area contributed by atoms with Crippen LogP contribution in [-0.2, 0) is 0 Å². The number of aromatic amines is 1. The molecule has 2 rings (SSSR count). The van der Waals surface area contributed by atoms with Crippen molar-refractivity contribution in [3.63, 3.8) is 0 Å². The number of ketones is 1. The molecule has 1 N–H and O–H groups in total. The van der Waals surface area contributed by atoms with Crippen LogP contribution in [0.2, 0.25) is 0 Å². The van der Waals surface area contributed by atoms with Crippen LogP contribution in [0.4, 0.5) is 13.2 Å². The molecule has 6 heteroatoms. The van der Waals surface area contributed by atoms with Gasteiger partial charge in [-0.15, -0.1) is 0 Å². The minimum atomic E-state index is -4.56. The summed E-state index contributed by atoms with van der Waals surface area (Å²) in [5.74, 6) is -1.14. The highest BCUT2D eigenvalue weighted by molar-refractivity contribution is 6.30. The highest BCUT2D eigenvalue weighted by atomic mass is 35.5. The van der Waals surface area contributed by atoms with Gasteiger partial charge < -0.3 is 4.98 Å². The van der Waals surface area contributed by atoms with E-state index < -0.39 is 28.5 Å². The Labute approximate surface area is 113 Å². The van der Waals surface area contributed by atoms with Crippen LogP contribution in [0.1, 0.15) is 24.3 Å². The summed E-state index contributed by atoms with van der Waals surface area (Å²) in [6, 6.07) is 3.29. The Hall–Kier alpha value is -1.23. The van der Waals surface area contributed by atoms with Crippen molar-refractivity contribution in [2.24, 2.45) is 17.3 Å². The molecule has 1 aromatic rings. The predicted molar refractivity (Wildman–Crippen MR) is 65.9 cm³/mol. The maximum Gasteiger partial charge on any atom is 0.426 e. The van der Waals surface area contributed by atoms with Gasteiger partial charge in [-0.2, -0.15) is 13.2 Å². The van der Waals surface area contributed by atoms with E-state index in [9.17, 15) is 18.0 Å². The second-order valence-corrected chi connectivity index (χ2v) is 5.69. The number of Topliss-reactive ketones (excluding diaryl/α,β-unsaturated/α-hetero) is 1. The number of hydrogen-bond acceptors (Lipinski definition) is 1. The first-order chi connectivity index (χ1) is 8.65. The summed E-state index contributed by atoms with van der Waals surface area (Å²) in [6.45, 7) is 3.53. The number of aromatic nitrogens is 1. The molecule has 1 saturated carbocycles. The van der Waals surface area contributed by atoms with E-state index in [4.69, 9.17) is 11.6 Å². The molecule has 19 heavy (non-hydrogen) atoms. The first kappa shape index (κ1) is 14.2. The van der Waals surface area contributed by atoms with Crippen LogP contribution >= 0.6 is 11.6 Å². The van der Waals surface area contributed by atoms with Crippen molar-refractivity contribution in [1.82, 2.24) is 4.98 Å². The number of carbonyl (C=O) groups is 1. The monoisotopic (exact) mass is 291 g/mol. The second kappa shape index (κ2) is 4.40. The molecule has 104 valence electrons. The van der Waals surface area contributed by atoms with Crippen molar-refractivity contribution in [3.8, 4) is 0 Å². The predicted octanol–water partition coefficient (Wildman–Crippen LogP) is 4.15. The van der Waals surface area contributed by atoms with Gasteiger partial charge in [0.2, 0.25) is 0 Å². The lowest BCUT2D eigenvalue weighted by molar-refractivity contribution is -0.0848. The Kier molecular flexibility index (Phi) is 3.29. The van der Waals surface area contributed by atoms with Gasteiger partial charge in [-0.05, 0) is 23.5 Å². The maximum atomic E-state index is 12.4. The average molecular weight is 292 g/mol. The van der Waals surface area contributed by atoms with Crippen LogP contribution in [-0.4, -0.2) is 16.9 Å². The zero-order valence-electron chi connectivity index (χ0n) is 10.4. The van der Waals surface area contributed by atoms with E-state index >= 15 is 0 Å². The third kappa shape index (κ3) is 2.56. The SMILES string of the molecule is CC1(C)C(/C=C(\Cl)C(F)(F)F)C1C(=O)c1ccc[nH]1. The minimum Gasteiger partial charge on any atom is -0.359 e. The summed E-state index contributed by atoms with van der Waals surface area (Å²) < 4.78 is 37.2. The fourth-order valence-corrected chi connectivity index (χ4v) is 2.53. The number of H-pyrrole nitrogens is 1. The van der Waals surface area contributed by atoms with Gasteiger partial charge in [0.05, 0.1) is 5.69 Å². The molecule has 1 fully saturated rings. The lowest BCUT2D eigenvalue weighted by atomic mass is 10.1. The van der Waals surface area contributed by atoms with E-state index in [1.165, 1.54) is 0 Å². The van der Waals surface area contributed by atoms with Gasteiger partial charge in [0.15, 0.2) is 5.78 Å². The van der Waals surface area contributed by atoms with Crippen molar-refractivity contribution in [3.05, 3.63) is 35.1 Å². The quantitative estimate of drug-likeness (QED) is 0.834. The van der Waals surface area contributed by atoms with Crippen LogP contribution in [0, 0.1) is 17.3 Å². The maximum absolute atomic E-state index is 12.4. The topological polar surface area (TPSA) is 32.9 Å². The average Bonchev–Trinajstić information content (AvgIpc) is 2.71. The van der Waals surface area contributed by atoms with Crippen molar-refractivity contribution in [1.29, 1.82) is 0 Å². The van der Waals surface area contributed by atoms with Gasteiger partial charge in [0, 0.05) is 12.1 Å². The molecule has 2 nitrogen and oxygen atoms in total. The van der Waals surface area contributed by atoms with E-state index in [1.807, 2.05) is 0 Å². The van der Waals surface area contributed by atoms with Crippen LogP contribution in [0.15, 0.2) is 29.4 Å². The molecule has 1 heterocycles. The lowest BCUT2D eigenvalue weighted by Crippen LogP contribution is -2.08. The van der Waals surface area contributed by atoms with E-state index in [-0.39, 0.29) is 5.78 Å². The first-order valence-electron chi connectivity index (χ1n) is 5.78. The number of carbonyl (C=O) groups excluding carboxylic acids is 1. The Balaban J connectivity index is 2.19. The summed E-state index contributed by atoms with van der Waals surface area (Å²) in [5, 5.41) is -1.16. The molecular weight excluding hydrogens is 279 g/mol. The second-order valence-electron chi connectivity index (χ2n) is 5.29. The van der Waals surface area contributed by atoms with E-state index in [1.54, 1.807) is 32.2 Å². The zero-order chi connectivity index (χ0) is 14.4. The number of halogens is 4. The van der Waals surface area contributed by atoms with E-state index in [0.717, 1.165) is 6.08 Å². The van der Waals surface area contributed by atoms with E-state index in [2.05, 4.69) is 4.98 Å². The van der Waals surface area contributed by atoms with Gasteiger partial charge >= 0.3 is 6.18 Å². The van der Waals surface area contributed by atoms with Crippen LogP contribution in [0.3, 0.4) is 0 Å². The Morgan fingerprint density at radius 2 is 2.11 bits per heavy atom. The van der Waals surface area contributed by atoms with Crippen molar-refractivity contribution < 1.29 is 18.0 Å². The van der Waals surface area contributed by atoms with Gasteiger partial charge in [-0.3, -0.25) is 4.79 Å². The summed E-state index contributed by atoms with van der Waals surface area (Å²) >= 11 is 5.23. The minimum absolute atomic E-state index is 0.178. The van der Waals surface area contributed by atoms with Gasteiger partial charge in [-0.25, -0.2) is 0 Å². The van der Waals surface area contributed by atoms with Gasteiger partial charge in [0.25, 0.3) is 0 Å². The standard InChI is InChI=1S/C13H13ClF3NO/c1-12(2)7(6-9(14)13(15,16)17)10(12)11(19)8-4-3-5-18-8/h3-7,10,18H,1-2H3/b9-6-. The van der Waals surface area contributed by atoms with Gasteiger partial charge in [-0.1, -0.05) is 31.5 Å². The molecule has 0 aromatic carbocycles. The lowest BCUT2D eigenvalue weighted by Gasteiger charge is -2.04. The van der Waals surface area contributed by atoms with Crippen LogP contribution in [0.25, 0.3) is 0 Å². The summed E-state index contributed by atoms with van der Waals surface area (Å²) in [4.78, 5) is 14.9. The Morgan fingerprint density at radius 3 is 2.58 bits per heavy atom. The number of allylic oxidation sites excluding steroid dienone is 2. The van der Waals surface area contributed by atoms with Crippen molar-refractivity contribution >= 4 is 17.4 Å². The number of rotatable bonds is 3. The zero-order valence-corrected chi connectivity index (χ0v) is 11.1. The largest absolute Gasteiger partial charge is 0.426 e. The Bertz CT molecular complexity index is 516. The molecular formula is C13H13ClF3NO.